The van der Waals surface area contributed by atoms with Gasteiger partial charge in [0.1, 0.15) is 0 Å². The monoisotopic (exact) mass is 271 g/mol. The second kappa shape index (κ2) is 8.18. The number of carbonyl (C=O) groups is 2. The molecule has 1 saturated heterocycles. The molecular formula is C12H22AlNO2S. The second-order valence-electron chi connectivity index (χ2n) is 4.58. The van der Waals surface area contributed by atoms with Crippen LogP contribution in [-0.2, 0) is 9.59 Å². The molecule has 0 radical (unpaired) electrons. The molecular weight excluding hydrogens is 249 g/mol. The van der Waals surface area contributed by atoms with Crippen molar-refractivity contribution in [3.63, 3.8) is 0 Å². The number of amides is 2. The Morgan fingerprint density at radius 1 is 1.24 bits per heavy atom. The van der Waals surface area contributed by atoms with Crippen LogP contribution in [-0.4, -0.2) is 43.7 Å². The fraction of sp³-hybridized carbons (Fsp3) is 0.833. The molecule has 0 aromatic carbocycles. The summed E-state index contributed by atoms with van der Waals surface area (Å²) in [7, 11) is 1.63. The van der Waals surface area contributed by atoms with Crippen molar-refractivity contribution in [2.45, 2.75) is 57.1 Å². The second-order valence-corrected chi connectivity index (χ2v) is 7.03. The van der Waals surface area contributed by atoms with Crippen LogP contribution in [0.3, 0.4) is 0 Å². The maximum absolute atomic E-state index is 11.8. The summed E-state index contributed by atoms with van der Waals surface area (Å²) in [6, 6.07) is 0. The van der Waals surface area contributed by atoms with E-state index in [2.05, 4.69) is 6.92 Å². The van der Waals surface area contributed by atoms with Gasteiger partial charge >= 0.3 is 15.2 Å². The molecule has 1 aliphatic heterocycles. The third kappa shape index (κ3) is 4.65. The molecule has 2 amide bonds. The maximum Gasteiger partial charge on any atom is 0.304 e. The number of likely N-dealkylation sites (tertiary alicyclic amines) is 1. The van der Waals surface area contributed by atoms with Crippen molar-refractivity contribution in [1.82, 2.24) is 4.90 Å². The summed E-state index contributed by atoms with van der Waals surface area (Å²) in [4.78, 5) is 24.9. The van der Waals surface area contributed by atoms with Crippen molar-refractivity contribution < 1.29 is 9.59 Å². The van der Waals surface area contributed by atoms with Crippen LogP contribution >= 0.6 is 10.1 Å². The van der Waals surface area contributed by atoms with Gasteiger partial charge in [0.2, 0.25) is 11.8 Å². The molecule has 0 saturated carbocycles. The summed E-state index contributed by atoms with van der Waals surface area (Å²) in [6.45, 7) is 2.84. The van der Waals surface area contributed by atoms with Crippen LogP contribution in [0, 0.1) is 0 Å². The highest BCUT2D eigenvalue weighted by Crippen LogP contribution is 2.23. The van der Waals surface area contributed by atoms with Gasteiger partial charge < -0.3 is 0 Å². The SMILES string of the molecule is CCCCCCCCN1C(=O)CC([S][AlH2])C1=O. The number of imide groups is 1. The number of rotatable bonds is 8. The summed E-state index contributed by atoms with van der Waals surface area (Å²) in [5, 5.41) is -0.0609. The quantitative estimate of drug-likeness (QED) is 0.383. The van der Waals surface area contributed by atoms with E-state index in [1.54, 1.807) is 10.1 Å². The minimum atomic E-state index is -0.0609. The summed E-state index contributed by atoms with van der Waals surface area (Å²) in [6.07, 6.45) is 7.59. The highest BCUT2D eigenvalue weighted by molar-refractivity contribution is 8.20. The smallest absolute Gasteiger partial charge is 0.282 e. The summed E-state index contributed by atoms with van der Waals surface area (Å²) in [5.74, 6) is 0.0977. The predicted octanol–water partition coefficient (Wildman–Crippen LogP) is 1.76. The minimum absolute atomic E-state index is 0.0388. The average molecular weight is 271 g/mol. The molecule has 1 aliphatic rings. The predicted molar refractivity (Wildman–Crippen MR) is 74.6 cm³/mol. The van der Waals surface area contributed by atoms with E-state index in [-0.39, 0.29) is 17.1 Å². The van der Waals surface area contributed by atoms with Crippen LogP contribution in [0.4, 0.5) is 0 Å². The van der Waals surface area contributed by atoms with Crippen LogP contribution in [0.2, 0.25) is 0 Å². The normalized spacial score (nSPS) is 20.3. The molecule has 0 bridgehead atoms. The molecule has 96 valence electrons. The Bertz CT molecular complexity index is 273. The Balaban J connectivity index is 2.18. The Labute approximate surface area is 115 Å². The highest BCUT2D eigenvalue weighted by atomic mass is 32.3. The third-order valence-corrected chi connectivity index (χ3v) is 5.87. The molecule has 1 atom stereocenters. The molecule has 0 aromatic rings. The Hall–Kier alpha value is 0.0225. The van der Waals surface area contributed by atoms with E-state index in [0.717, 1.165) is 28.0 Å². The van der Waals surface area contributed by atoms with E-state index in [9.17, 15) is 9.59 Å². The minimum Gasteiger partial charge on any atom is -0.282 e. The number of hydrogen-bond acceptors (Lipinski definition) is 3. The van der Waals surface area contributed by atoms with Gasteiger partial charge in [0.05, 0.1) is 5.25 Å². The Kier molecular flexibility index (Phi) is 7.26. The van der Waals surface area contributed by atoms with E-state index >= 15 is 0 Å². The lowest BCUT2D eigenvalue weighted by Crippen LogP contribution is -2.32. The van der Waals surface area contributed by atoms with E-state index < -0.39 is 0 Å². The molecule has 0 aromatic heterocycles. The number of unbranched alkanes of at least 4 members (excludes halogenated alkanes) is 5. The standard InChI is InChI=1S/C12H21NO2S.Al.2H/c1-2-3-4-5-6-7-8-13-11(14)9-10(16)12(13)15;;;/h10,16H,2-9H2,1H3;;;/q;+1;;/p-1. The van der Waals surface area contributed by atoms with Crippen LogP contribution in [0.25, 0.3) is 0 Å². The van der Waals surface area contributed by atoms with Crippen molar-refractivity contribution in [1.29, 1.82) is 0 Å². The molecule has 1 rings (SSSR count). The lowest BCUT2D eigenvalue weighted by atomic mass is 10.1. The average Bonchev–Trinajstić information content (AvgIpc) is 2.60. The lowest BCUT2D eigenvalue weighted by molar-refractivity contribution is -0.138. The van der Waals surface area contributed by atoms with E-state index in [1.807, 2.05) is 0 Å². The van der Waals surface area contributed by atoms with Crippen molar-refractivity contribution in [3.8, 4) is 0 Å². The Morgan fingerprint density at radius 2 is 1.88 bits per heavy atom. The lowest BCUT2D eigenvalue weighted by Gasteiger charge is -2.14. The highest BCUT2D eigenvalue weighted by Gasteiger charge is 2.36. The molecule has 1 unspecified atom stereocenters. The maximum atomic E-state index is 11.8. The molecule has 17 heavy (non-hydrogen) atoms. The number of nitrogens with zero attached hydrogens (tertiary/aromatic N) is 1. The van der Waals surface area contributed by atoms with E-state index in [1.165, 1.54) is 30.6 Å². The Morgan fingerprint density at radius 3 is 2.47 bits per heavy atom. The first-order valence-corrected chi connectivity index (χ1v) is 10.3. The van der Waals surface area contributed by atoms with Crippen molar-refractivity contribution >= 4 is 37.1 Å². The zero-order chi connectivity index (χ0) is 12.7. The van der Waals surface area contributed by atoms with Crippen LogP contribution < -0.4 is 0 Å². The number of carbonyl (C=O) groups excluding carboxylic acids is 2. The fourth-order valence-corrected chi connectivity index (χ4v) is 3.87. The van der Waals surface area contributed by atoms with Crippen molar-refractivity contribution in [2.24, 2.45) is 0 Å². The van der Waals surface area contributed by atoms with Gasteiger partial charge in [0, 0.05) is 13.0 Å². The molecule has 5 heteroatoms. The summed E-state index contributed by atoms with van der Waals surface area (Å²) in [5.41, 5.74) is 0. The third-order valence-electron chi connectivity index (χ3n) is 3.22. The first-order valence-electron chi connectivity index (χ1n) is 6.57. The molecule has 0 aliphatic carbocycles. The van der Waals surface area contributed by atoms with Gasteiger partial charge in [0.25, 0.3) is 0 Å². The van der Waals surface area contributed by atoms with Gasteiger partial charge in [0.15, 0.2) is 0 Å². The van der Waals surface area contributed by atoms with Gasteiger partial charge in [-0.2, -0.15) is 0 Å². The first-order chi connectivity index (χ1) is 8.20. The fourth-order valence-electron chi connectivity index (χ4n) is 2.12. The number of hydrogen-bond donors (Lipinski definition) is 0. The summed E-state index contributed by atoms with van der Waals surface area (Å²) >= 11 is 0.926. The molecule has 1 fully saturated rings. The van der Waals surface area contributed by atoms with Gasteiger partial charge in [-0.1, -0.05) is 39.0 Å². The van der Waals surface area contributed by atoms with Crippen molar-refractivity contribution in [2.75, 3.05) is 6.54 Å². The first kappa shape index (κ1) is 15.1. The molecule has 3 nitrogen and oxygen atoms in total. The zero-order valence-electron chi connectivity index (χ0n) is 10.9. The molecule has 0 spiro atoms. The summed E-state index contributed by atoms with van der Waals surface area (Å²) < 4.78 is 0. The van der Waals surface area contributed by atoms with Gasteiger partial charge in [-0.05, 0) is 6.42 Å². The largest absolute Gasteiger partial charge is 0.304 e. The van der Waals surface area contributed by atoms with Crippen LogP contribution in [0.1, 0.15) is 51.9 Å². The zero-order valence-corrected chi connectivity index (χ0v) is 13.7. The van der Waals surface area contributed by atoms with E-state index in [0.29, 0.717) is 13.0 Å². The van der Waals surface area contributed by atoms with Crippen molar-refractivity contribution in [3.05, 3.63) is 0 Å². The van der Waals surface area contributed by atoms with Gasteiger partial charge in [-0.3, -0.25) is 24.6 Å². The van der Waals surface area contributed by atoms with Gasteiger partial charge in [-0.15, -0.1) is 0 Å². The van der Waals surface area contributed by atoms with Gasteiger partial charge in [-0.25, -0.2) is 0 Å². The topological polar surface area (TPSA) is 37.4 Å². The molecule has 1 heterocycles. The molecule has 0 N–H and O–H groups in total. The van der Waals surface area contributed by atoms with E-state index in [4.69, 9.17) is 0 Å². The van der Waals surface area contributed by atoms with Crippen LogP contribution in [0.5, 0.6) is 0 Å². The van der Waals surface area contributed by atoms with Crippen LogP contribution in [0.15, 0.2) is 0 Å².